The number of nitrogens with two attached hydrogens (primary N) is 1. The fraction of sp³-hybridized carbons (Fsp3) is 0.360. The number of aromatic nitrogens is 3. The molecule has 4 rings (SSSR count). The third-order valence-electron chi connectivity index (χ3n) is 5.54. The second-order valence-electron chi connectivity index (χ2n) is 9.75. The number of hydrogen-bond acceptors (Lipinski definition) is 12. The van der Waals surface area contributed by atoms with Crippen molar-refractivity contribution in [2.45, 2.75) is 44.3 Å². The number of carboxylic acids is 1. The normalized spacial score (nSPS) is 18.9. The number of esters is 1. The lowest BCUT2D eigenvalue weighted by Gasteiger charge is -2.50. The monoisotopic (exact) mass is 569 g/mol. The van der Waals surface area contributed by atoms with Crippen LogP contribution in [0, 0.1) is 0 Å². The highest BCUT2D eigenvalue weighted by Gasteiger charge is 2.53. The lowest BCUT2D eigenvalue weighted by Crippen LogP contribution is -2.71. The number of anilines is 1. The van der Waals surface area contributed by atoms with Gasteiger partial charge in [0, 0.05) is 29.7 Å². The molecule has 0 aliphatic carbocycles. The number of amides is 2. The lowest BCUT2D eigenvalue weighted by atomic mass is 10.0. The molecule has 2 aromatic heterocycles. The second-order valence-corrected chi connectivity index (χ2v) is 10.9. The van der Waals surface area contributed by atoms with Crippen LogP contribution in [-0.4, -0.2) is 73.7 Å². The fourth-order valence-electron chi connectivity index (χ4n) is 3.95. The van der Waals surface area contributed by atoms with Crippen molar-refractivity contribution < 1.29 is 38.4 Å². The highest BCUT2D eigenvalue weighted by atomic mass is 32.2. The van der Waals surface area contributed by atoms with E-state index in [1.165, 1.54) is 24.0 Å². The number of carbonyl (C=O) groups is 4. The Balaban J connectivity index is 1.51. The van der Waals surface area contributed by atoms with Crippen LogP contribution in [0.15, 0.2) is 59.3 Å². The molecule has 15 heteroatoms. The van der Waals surface area contributed by atoms with E-state index in [1.54, 1.807) is 49.9 Å². The van der Waals surface area contributed by atoms with Gasteiger partial charge in [0.1, 0.15) is 22.8 Å². The number of thioether (sulfide) groups is 1. The largest absolute Gasteiger partial charge is 0.543 e. The zero-order chi connectivity index (χ0) is 29.0. The summed E-state index contributed by atoms with van der Waals surface area (Å²) in [6.45, 7) is 4.69. The van der Waals surface area contributed by atoms with E-state index in [0.717, 1.165) is 4.90 Å². The molecule has 2 aliphatic heterocycles. The molecule has 14 nitrogen and oxygen atoms in total. The number of aliphatic carboxylic acids is 1. The summed E-state index contributed by atoms with van der Waals surface area (Å²) < 4.78 is 6.93. The Labute approximate surface area is 233 Å². The topological polar surface area (TPSA) is 193 Å². The van der Waals surface area contributed by atoms with Crippen molar-refractivity contribution in [2.75, 3.05) is 18.1 Å². The molecule has 1 fully saturated rings. The van der Waals surface area contributed by atoms with Crippen molar-refractivity contribution >= 4 is 47.0 Å². The van der Waals surface area contributed by atoms with Gasteiger partial charge in [-0.25, -0.2) is 19.3 Å². The molecule has 40 heavy (non-hydrogen) atoms. The molecule has 1 saturated heterocycles. The maximum Gasteiger partial charge on any atom is 0.347 e. The molecule has 2 aliphatic rings. The minimum atomic E-state index is -1.49. The molecule has 0 spiro atoms. The van der Waals surface area contributed by atoms with Crippen molar-refractivity contribution in [1.82, 2.24) is 20.2 Å². The molecule has 210 valence electrons. The SMILES string of the molecule is CC(C)(C)OC(=O)CO/N=C(\C(=O)NC1C(=O)N2C(C(=O)[O-])=C(C[n+]3ccccc3)CS[C@H]12)c1nccc(N)n1. The van der Waals surface area contributed by atoms with E-state index < -0.39 is 53.1 Å². The van der Waals surface area contributed by atoms with Gasteiger partial charge in [-0.3, -0.25) is 14.5 Å². The van der Waals surface area contributed by atoms with E-state index in [2.05, 4.69) is 20.4 Å². The van der Waals surface area contributed by atoms with Gasteiger partial charge in [0.25, 0.3) is 11.8 Å². The van der Waals surface area contributed by atoms with Gasteiger partial charge >= 0.3 is 5.97 Å². The van der Waals surface area contributed by atoms with E-state index in [9.17, 15) is 24.3 Å². The number of carboxylic acid groups (broad SMARTS) is 1. The van der Waals surface area contributed by atoms with Crippen molar-refractivity contribution in [1.29, 1.82) is 0 Å². The molecule has 2 amide bonds. The number of β-lactam (4-membered cyclic amide) rings is 1. The van der Waals surface area contributed by atoms with Crippen molar-refractivity contribution in [3.05, 3.63) is 60.0 Å². The highest BCUT2D eigenvalue weighted by Crippen LogP contribution is 2.40. The van der Waals surface area contributed by atoms with E-state index in [-0.39, 0.29) is 23.9 Å². The molecule has 3 N–H and O–H groups in total. The van der Waals surface area contributed by atoms with Gasteiger partial charge in [0.15, 0.2) is 24.8 Å². The first kappa shape index (κ1) is 28.5. The molecule has 0 radical (unpaired) electrons. The molecule has 1 unspecified atom stereocenters. The number of ether oxygens (including phenoxy) is 1. The number of fused-ring (bicyclic) bond motifs is 1. The first-order valence-corrected chi connectivity index (χ1v) is 13.1. The number of pyridine rings is 1. The van der Waals surface area contributed by atoms with Crippen LogP contribution >= 0.6 is 11.8 Å². The summed E-state index contributed by atoms with van der Waals surface area (Å²) in [4.78, 5) is 64.4. The van der Waals surface area contributed by atoms with Crippen LogP contribution in [0.1, 0.15) is 26.6 Å². The van der Waals surface area contributed by atoms with Crippen LogP contribution in [0.25, 0.3) is 0 Å². The van der Waals surface area contributed by atoms with E-state index in [1.807, 2.05) is 6.07 Å². The molecule has 2 atom stereocenters. The molecule has 0 aromatic carbocycles. The predicted molar refractivity (Wildman–Crippen MR) is 138 cm³/mol. The highest BCUT2D eigenvalue weighted by molar-refractivity contribution is 8.00. The number of nitrogens with one attached hydrogen (secondary N) is 1. The Bertz CT molecular complexity index is 1390. The Morgan fingerprint density at radius 2 is 2.00 bits per heavy atom. The number of carbonyl (C=O) groups excluding carboxylic acids is 4. The zero-order valence-electron chi connectivity index (χ0n) is 21.9. The van der Waals surface area contributed by atoms with Crippen LogP contribution in [0.3, 0.4) is 0 Å². The van der Waals surface area contributed by atoms with Crippen LogP contribution in [0.5, 0.6) is 0 Å². The summed E-state index contributed by atoms with van der Waals surface area (Å²) in [6, 6.07) is 5.76. The maximum absolute atomic E-state index is 13.2. The smallest absolute Gasteiger partial charge is 0.347 e. The van der Waals surface area contributed by atoms with Crippen molar-refractivity contribution in [2.24, 2.45) is 5.16 Å². The average Bonchev–Trinajstić information content (AvgIpc) is 2.88. The number of nitrogen functional groups attached to an aromatic ring is 1. The summed E-state index contributed by atoms with van der Waals surface area (Å²) in [5, 5.41) is 17.6. The Kier molecular flexibility index (Phi) is 8.32. The van der Waals surface area contributed by atoms with Gasteiger partial charge < -0.3 is 30.5 Å². The summed E-state index contributed by atoms with van der Waals surface area (Å²) in [7, 11) is 0. The standard InChI is InChI=1S/C25H27N7O7S/c1-25(2,3)39-16(33)12-38-30-17(20-27-8-7-15(26)28-20)21(34)29-18-22(35)32-19(24(36)37)14(13-40-23(18)32)11-31-9-5-4-6-10-31/h4-10,18,23H,11-13H2,1-3H3,(H3-,26,27,28,29,34,36,37)/b30-17-/t18?,23-/m1/s1. The summed E-state index contributed by atoms with van der Waals surface area (Å²) in [6.07, 6.45) is 4.86. The van der Waals surface area contributed by atoms with Crippen LogP contribution < -0.4 is 20.7 Å². The van der Waals surface area contributed by atoms with E-state index in [0.29, 0.717) is 11.3 Å². The van der Waals surface area contributed by atoms with Gasteiger partial charge in [-0.2, -0.15) is 0 Å². The van der Waals surface area contributed by atoms with Crippen LogP contribution in [0.2, 0.25) is 0 Å². The van der Waals surface area contributed by atoms with Crippen LogP contribution in [-0.2, 0) is 35.3 Å². The van der Waals surface area contributed by atoms with E-state index >= 15 is 0 Å². The van der Waals surface area contributed by atoms with Crippen LogP contribution in [0.4, 0.5) is 5.82 Å². The number of rotatable bonds is 9. The summed E-state index contributed by atoms with van der Waals surface area (Å²) in [5.41, 5.74) is 4.80. The number of oxime groups is 1. The third kappa shape index (κ3) is 6.54. The molecular weight excluding hydrogens is 542 g/mol. The van der Waals surface area contributed by atoms with Crippen molar-refractivity contribution in [3.63, 3.8) is 0 Å². The third-order valence-corrected chi connectivity index (χ3v) is 6.88. The molecule has 0 bridgehead atoms. The van der Waals surface area contributed by atoms with E-state index in [4.69, 9.17) is 15.3 Å². The molecule has 2 aromatic rings. The van der Waals surface area contributed by atoms with Gasteiger partial charge in [-0.05, 0) is 26.8 Å². The lowest BCUT2D eigenvalue weighted by molar-refractivity contribution is -0.689. The van der Waals surface area contributed by atoms with Gasteiger partial charge in [-0.1, -0.05) is 11.2 Å². The van der Waals surface area contributed by atoms with Crippen molar-refractivity contribution in [3.8, 4) is 0 Å². The second kappa shape index (κ2) is 11.7. The first-order valence-electron chi connectivity index (χ1n) is 12.1. The summed E-state index contributed by atoms with van der Waals surface area (Å²) >= 11 is 1.30. The minimum absolute atomic E-state index is 0.0407. The zero-order valence-corrected chi connectivity index (χ0v) is 22.7. The Morgan fingerprint density at radius 1 is 1.27 bits per heavy atom. The molecular formula is C25H27N7O7S. The Hall–Kier alpha value is -4.53. The number of nitrogens with zero attached hydrogens (tertiary/aromatic N) is 5. The quantitative estimate of drug-likeness (QED) is 0.118. The van der Waals surface area contributed by atoms with Gasteiger partial charge in [-0.15, -0.1) is 11.8 Å². The summed E-state index contributed by atoms with van der Waals surface area (Å²) in [5.74, 6) is -3.61. The fourth-order valence-corrected chi connectivity index (χ4v) is 5.29. The Morgan fingerprint density at radius 3 is 2.65 bits per heavy atom. The average molecular weight is 570 g/mol. The number of hydrogen-bond donors (Lipinski definition) is 2. The molecule has 0 saturated carbocycles. The van der Waals surface area contributed by atoms with Gasteiger partial charge in [0.05, 0.1) is 11.7 Å². The predicted octanol–water partition coefficient (Wildman–Crippen LogP) is -1.49. The minimum Gasteiger partial charge on any atom is -0.543 e. The molecule has 4 heterocycles. The first-order chi connectivity index (χ1) is 18.9. The maximum atomic E-state index is 13.2. The van der Waals surface area contributed by atoms with Gasteiger partial charge in [0.2, 0.25) is 12.3 Å².